The summed E-state index contributed by atoms with van der Waals surface area (Å²) >= 11 is 0. The molecule has 0 radical (unpaired) electrons. The third kappa shape index (κ3) is 4.25. The normalized spacial score (nSPS) is 20.7. The molecule has 0 saturated heterocycles. The van der Waals surface area contributed by atoms with Gasteiger partial charge in [-0.3, -0.25) is 11.3 Å². The van der Waals surface area contributed by atoms with E-state index in [9.17, 15) is 0 Å². The molecule has 0 aromatic rings. The molecular weight excluding hydrogens is 172 g/mol. The molecule has 1 atom stereocenters. The van der Waals surface area contributed by atoms with Crippen LogP contribution in [0.1, 0.15) is 51.9 Å². The highest BCUT2D eigenvalue weighted by atomic mass is 15.2. The third-order valence-corrected chi connectivity index (χ3v) is 3.17. The lowest BCUT2D eigenvalue weighted by molar-refractivity contribution is 0.298. The van der Waals surface area contributed by atoms with Crippen molar-refractivity contribution in [3.05, 3.63) is 12.2 Å². The van der Waals surface area contributed by atoms with Crippen LogP contribution in [0.4, 0.5) is 0 Å². The fourth-order valence-corrected chi connectivity index (χ4v) is 2.46. The van der Waals surface area contributed by atoms with E-state index in [0.717, 1.165) is 12.3 Å². The topological polar surface area (TPSA) is 38.0 Å². The summed E-state index contributed by atoms with van der Waals surface area (Å²) in [4.78, 5) is 0. The smallest absolute Gasteiger partial charge is 0.0250 e. The molecule has 0 bridgehead atoms. The van der Waals surface area contributed by atoms with Gasteiger partial charge in [0.1, 0.15) is 0 Å². The first-order chi connectivity index (χ1) is 6.72. The van der Waals surface area contributed by atoms with Gasteiger partial charge in [-0.2, -0.15) is 0 Å². The van der Waals surface area contributed by atoms with Crippen LogP contribution in [0, 0.1) is 5.92 Å². The van der Waals surface area contributed by atoms with Crippen molar-refractivity contribution in [2.75, 3.05) is 0 Å². The number of hydrogen-bond donors (Lipinski definition) is 2. The molecule has 1 saturated carbocycles. The average Bonchev–Trinajstić information content (AvgIpc) is 2.17. The van der Waals surface area contributed by atoms with E-state index >= 15 is 0 Å². The van der Waals surface area contributed by atoms with Crippen LogP contribution in [-0.2, 0) is 0 Å². The molecule has 14 heavy (non-hydrogen) atoms. The minimum absolute atomic E-state index is 0.440. The largest absolute Gasteiger partial charge is 0.271 e. The number of nitrogens with one attached hydrogen (secondary N) is 1. The molecule has 2 heteroatoms. The standard InChI is InChI=1S/C12H24N2/c1-10(2)8-12(14-13)9-11-6-4-3-5-7-11/h11-12,14H,1,3-9,13H2,2H3. The van der Waals surface area contributed by atoms with Crippen molar-refractivity contribution in [1.29, 1.82) is 0 Å². The van der Waals surface area contributed by atoms with Crippen LogP contribution in [0.2, 0.25) is 0 Å². The molecule has 1 aliphatic carbocycles. The Balaban J connectivity index is 2.27. The second kappa shape index (κ2) is 6.20. The minimum Gasteiger partial charge on any atom is -0.271 e. The third-order valence-electron chi connectivity index (χ3n) is 3.17. The lowest BCUT2D eigenvalue weighted by atomic mass is 9.84. The molecule has 1 aliphatic rings. The van der Waals surface area contributed by atoms with Gasteiger partial charge in [0, 0.05) is 6.04 Å². The summed E-state index contributed by atoms with van der Waals surface area (Å²) in [5.41, 5.74) is 4.15. The lowest BCUT2D eigenvalue weighted by Gasteiger charge is -2.26. The van der Waals surface area contributed by atoms with Gasteiger partial charge < -0.3 is 0 Å². The maximum Gasteiger partial charge on any atom is 0.0250 e. The number of hydrazine groups is 1. The summed E-state index contributed by atoms with van der Waals surface area (Å²) < 4.78 is 0. The zero-order valence-electron chi connectivity index (χ0n) is 9.39. The molecule has 0 amide bonds. The van der Waals surface area contributed by atoms with E-state index in [-0.39, 0.29) is 0 Å². The Morgan fingerprint density at radius 2 is 2.07 bits per heavy atom. The van der Waals surface area contributed by atoms with Gasteiger partial charge in [-0.25, -0.2) is 0 Å². The summed E-state index contributed by atoms with van der Waals surface area (Å²) in [6.45, 7) is 6.02. The summed E-state index contributed by atoms with van der Waals surface area (Å²) in [7, 11) is 0. The summed E-state index contributed by atoms with van der Waals surface area (Å²) in [6, 6.07) is 0.440. The molecule has 1 rings (SSSR count). The highest BCUT2D eigenvalue weighted by Gasteiger charge is 2.17. The number of hydrogen-bond acceptors (Lipinski definition) is 2. The van der Waals surface area contributed by atoms with E-state index < -0.39 is 0 Å². The Morgan fingerprint density at radius 1 is 1.43 bits per heavy atom. The first kappa shape index (κ1) is 11.7. The summed E-state index contributed by atoms with van der Waals surface area (Å²) in [5.74, 6) is 6.44. The van der Waals surface area contributed by atoms with E-state index in [1.807, 2.05) is 0 Å². The quantitative estimate of drug-likeness (QED) is 0.403. The van der Waals surface area contributed by atoms with Gasteiger partial charge in [-0.15, -0.1) is 6.58 Å². The van der Waals surface area contributed by atoms with Crippen LogP contribution in [0.15, 0.2) is 12.2 Å². The predicted octanol–water partition coefficient (Wildman–Crippen LogP) is 2.75. The summed E-state index contributed by atoms with van der Waals surface area (Å²) in [6.07, 6.45) is 9.29. The maximum atomic E-state index is 5.55. The van der Waals surface area contributed by atoms with Gasteiger partial charge in [0.2, 0.25) is 0 Å². The van der Waals surface area contributed by atoms with E-state index in [1.54, 1.807) is 0 Å². The second-order valence-electron chi connectivity index (χ2n) is 4.76. The molecule has 0 aliphatic heterocycles. The highest BCUT2D eigenvalue weighted by molar-refractivity contribution is 4.93. The van der Waals surface area contributed by atoms with Crippen LogP contribution < -0.4 is 11.3 Å². The maximum absolute atomic E-state index is 5.55. The summed E-state index contributed by atoms with van der Waals surface area (Å²) in [5, 5.41) is 0. The lowest BCUT2D eigenvalue weighted by Crippen LogP contribution is -2.37. The molecular formula is C12H24N2. The van der Waals surface area contributed by atoms with Gasteiger partial charge >= 0.3 is 0 Å². The number of rotatable bonds is 5. The van der Waals surface area contributed by atoms with Crippen molar-refractivity contribution in [3.8, 4) is 0 Å². The molecule has 1 fully saturated rings. The monoisotopic (exact) mass is 196 g/mol. The van der Waals surface area contributed by atoms with Crippen LogP contribution >= 0.6 is 0 Å². The van der Waals surface area contributed by atoms with Crippen LogP contribution in [0.25, 0.3) is 0 Å². The van der Waals surface area contributed by atoms with Gasteiger partial charge in [-0.05, 0) is 25.7 Å². The average molecular weight is 196 g/mol. The molecule has 82 valence electrons. The molecule has 0 spiro atoms. The Bertz CT molecular complexity index is 171. The Morgan fingerprint density at radius 3 is 2.57 bits per heavy atom. The van der Waals surface area contributed by atoms with E-state index in [0.29, 0.717) is 6.04 Å². The molecule has 3 N–H and O–H groups in total. The second-order valence-corrected chi connectivity index (χ2v) is 4.76. The van der Waals surface area contributed by atoms with E-state index in [4.69, 9.17) is 5.84 Å². The predicted molar refractivity (Wildman–Crippen MR) is 61.7 cm³/mol. The fraction of sp³-hybridized carbons (Fsp3) is 0.833. The SMILES string of the molecule is C=C(C)CC(CC1CCCCC1)NN. The van der Waals surface area contributed by atoms with E-state index in [2.05, 4.69) is 18.9 Å². The molecule has 1 unspecified atom stereocenters. The molecule has 0 heterocycles. The van der Waals surface area contributed by atoms with Crippen molar-refractivity contribution in [2.45, 2.75) is 57.9 Å². The minimum atomic E-state index is 0.440. The zero-order chi connectivity index (χ0) is 10.4. The van der Waals surface area contributed by atoms with Crippen molar-refractivity contribution in [3.63, 3.8) is 0 Å². The Hall–Kier alpha value is -0.340. The molecule has 0 aromatic carbocycles. The number of nitrogens with two attached hydrogens (primary N) is 1. The van der Waals surface area contributed by atoms with Gasteiger partial charge in [0.25, 0.3) is 0 Å². The van der Waals surface area contributed by atoms with Gasteiger partial charge in [0.05, 0.1) is 0 Å². The Kier molecular flexibility index (Phi) is 5.20. The van der Waals surface area contributed by atoms with Crippen LogP contribution in [-0.4, -0.2) is 6.04 Å². The molecule has 0 aromatic heterocycles. The zero-order valence-corrected chi connectivity index (χ0v) is 9.39. The van der Waals surface area contributed by atoms with Crippen molar-refractivity contribution >= 4 is 0 Å². The first-order valence-corrected chi connectivity index (χ1v) is 5.83. The van der Waals surface area contributed by atoms with Crippen molar-refractivity contribution in [1.82, 2.24) is 5.43 Å². The first-order valence-electron chi connectivity index (χ1n) is 5.83. The van der Waals surface area contributed by atoms with E-state index in [1.165, 1.54) is 44.1 Å². The fourth-order valence-electron chi connectivity index (χ4n) is 2.46. The van der Waals surface area contributed by atoms with Crippen molar-refractivity contribution in [2.24, 2.45) is 11.8 Å². The highest BCUT2D eigenvalue weighted by Crippen LogP contribution is 2.28. The van der Waals surface area contributed by atoms with Crippen LogP contribution in [0.3, 0.4) is 0 Å². The van der Waals surface area contributed by atoms with Gasteiger partial charge in [0.15, 0.2) is 0 Å². The molecule has 2 nitrogen and oxygen atoms in total. The van der Waals surface area contributed by atoms with Crippen LogP contribution in [0.5, 0.6) is 0 Å². The van der Waals surface area contributed by atoms with Crippen molar-refractivity contribution < 1.29 is 0 Å². The Labute approximate surface area is 87.9 Å². The van der Waals surface area contributed by atoms with Gasteiger partial charge in [-0.1, -0.05) is 37.7 Å².